The summed E-state index contributed by atoms with van der Waals surface area (Å²) in [7, 11) is 1.63. The molecule has 1 aromatic carbocycles. The van der Waals surface area contributed by atoms with Gasteiger partial charge in [-0.1, -0.05) is 0 Å². The fourth-order valence-corrected chi connectivity index (χ4v) is 1.87. The number of nitrogens with two attached hydrogens (primary N) is 1. The number of nitrogens with zero attached hydrogens (tertiary/aromatic N) is 4. The van der Waals surface area contributed by atoms with Crippen LogP contribution >= 0.6 is 0 Å². The molecule has 3 aromatic rings. The normalized spacial score (nSPS) is 10.4. The van der Waals surface area contributed by atoms with Crippen molar-refractivity contribution < 1.29 is 4.74 Å². The molecular formula is C14H13N5O. The van der Waals surface area contributed by atoms with Gasteiger partial charge in [0.25, 0.3) is 5.95 Å². The molecule has 2 aromatic heterocycles. The Bertz CT molecular complexity index is 706. The Morgan fingerprint density at radius 2 is 1.80 bits per heavy atom. The summed E-state index contributed by atoms with van der Waals surface area (Å²) in [6, 6.07) is 9.31. The largest absolute Gasteiger partial charge is 0.497 e. The Morgan fingerprint density at radius 1 is 1.10 bits per heavy atom. The van der Waals surface area contributed by atoms with Crippen molar-refractivity contribution in [2.75, 3.05) is 12.8 Å². The summed E-state index contributed by atoms with van der Waals surface area (Å²) < 4.78 is 6.70. The van der Waals surface area contributed by atoms with Crippen LogP contribution in [0.1, 0.15) is 0 Å². The minimum atomic E-state index is 0.485. The van der Waals surface area contributed by atoms with Gasteiger partial charge in [0.05, 0.1) is 19.0 Å². The van der Waals surface area contributed by atoms with Gasteiger partial charge in [0.2, 0.25) is 0 Å². The molecule has 0 aliphatic carbocycles. The fraction of sp³-hybridized carbons (Fsp3) is 0.0714. The number of benzene rings is 1. The molecule has 100 valence electrons. The maximum Gasteiger partial charge on any atom is 0.250 e. The Kier molecular flexibility index (Phi) is 3.04. The molecule has 6 heteroatoms. The lowest BCUT2D eigenvalue weighted by molar-refractivity contribution is 0.415. The summed E-state index contributed by atoms with van der Waals surface area (Å²) >= 11 is 0. The molecule has 0 spiro atoms. The van der Waals surface area contributed by atoms with Gasteiger partial charge in [-0.15, -0.1) is 0 Å². The van der Waals surface area contributed by atoms with Crippen molar-refractivity contribution in [1.29, 1.82) is 0 Å². The van der Waals surface area contributed by atoms with E-state index in [1.165, 1.54) is 0 Å². The average Bonchev–Trinajstić information content (AvgIpc) is 2.90. The maximum absolute atomic E-state index is 6.01. The standard InChI is InChI=1S/C14H13N5O/c1-20-11-5-3-10(4-6-11)13-12(15)9-19(18-13)14-16-7-2-8-17-14/h2-9H,15H2,1H3. The number of ether oxygens (including phenoxy) is 1. The zero-order chi connectivity index (χ0) is 13.9. The summed E-state index contributed by atoms with van der Waals surface area (Å²) in [6.07, 6.45) is 5.02. The Hall–Kier alpha value is -2.89. The summed E-state index contributed by atoms with van der Waals surface area (Å²) in [6.45, 7) is 0. The minimum absolute atomic E-state index is 0.485. The molecule has 0 aliphatic heterocycles. The topological polar surface area (TPSA) is 78.8 Å². The lowest BCUT2D eigenvalue weighted by Gasteiger charge is -2.01. The highest BCUT2D eigenvalue weighted by atomic mass is 16.5. The Balaban J connectivity index is 2.00. The minimum Gasteiger partial charge on any atom is -0.497 e. The van der Waals surface area contributed by atoms with Crippen LogP contribution in [0, 0.1) is 0 Å². The van der Waals surface area contributed by atoms with Crippen LogP contribution in [0.2, 0.25) is 0 Å². The highest BCUT2D eigenvalue weighted by molar-refractivity contribution is 5.72. The lowest BCUT2D eigenvalue weighted by Crippen LogP contribution is -2.00. The van der Waals surface area contributed by atoms with Gasteiger partial charge in [0, 0.05) is 18.0 Å². The predicted molar refractivity (Wildman–Crippen MR) is 75.6 cm³/mol. The van der Waals surface area contributed by atoms with Crippen LogP contribution in [0.3, 0.4) is 0 Å². The molecule has 3 rings (SSSR count). The molecule has 0 bridgehead atoms. The van der Waals surface area contributed by atoms with Gasteiger partial charge in [0.1, 0.15) is 11.4 Å². The van der Waals surface area contributed by atoms with Crippen LogP contribution in [0.15, 0.2) is 48.9 Å². The first-order chi connectivity index (χ1) is 9.78. The van der Waals surface area contributed by atoms with Gasteiger partial charge in [-0.2, -0.15) is 5.10 Å². The van der Waals surface area contributed by atoms with Gasteiger partial charge in [-0.05, 0) is 30.3 Å². The van der Waals surface area contributed by atoms with Crippen molar-refractivity contribution in [3.63, 3.8) is 0 Å². The number of aromatic nitrogens is 4. The molecule has 0 aliphatic rings. The van der Waals surface area contributed by atoms with Crippen molar-refractivity contribution in [2.24, 2.45) is 0 Å². The zero-order valence-electron chi connectivity index (χ0n) is 10.9. The van der Waals surface area contributed by atoms with Crippen molar-refractivity contribution in [3.8, 4) is 23.0 Å². The van der Waals surface area contributed by atoms with Crippen molar-refractivity contribution in [2.45, 2.75) is 0 Å². The van der Waals surface area contributed by atoms with E-state index in [-0.39, 0.29) is 0 Å². The van der Waals surface area contributed by atoms with Crippen LogP contribution in [0.5, 0.6) is 5.75 Å². The van der Waals surface area contributed by atoms with Crippen LogP contribution in [0.4, 0.5) is 5.69 Å². The first-order valence-corrected chi connectivity index (χ1v) is 6.05. The molecule has 0 fully saturated rings. The molecule has 0 radical (unpaired) electrons. The molecule has 0 saturated heterocycles. The van der Waals surface area contributed by atoms with E-state index in [4.69, 9.17) is 10.5 Å². The van der Waals surface area contributed by atoms with Gasteiger partial charge in [-0.3, -0.25) is 0 Å². The number of anilines is 1. The van der Waals surface area contributed by atoms with E-state index in [2.05, 4.69) is 15.1 Å². The number of methoxy groups -OCH3 is 1. The van der Waals surface area contributed by atoms with E-state index in [1.807, 2.05) is 24.3 Å². The van der Waals surface area contributed by atoms with Gasteiger partial charge in [0.15, 0.2) is 0 Å². The Morgan fingerprint density at radius 3 is 2.45 bits per heavy atom. The second-order valence-electron chi connectivity index (χ2n) is 4.15. The third-order valence-electron chi connectivity index (χ3n) is 2.86. The summed E-state index contributed by atoms with van der Waals surface area (Å²) in [4.78, 5) is 8.28. The van der Waals surface area contributed by atoms with E-state index >= 15 is 0 Å². The first-order valence-electron chi connectivity index (χ1n) is 6.05. The third-order valence-corrected chi connectivity index (χ3v) is 2.86. The first kappa shape index (κ1) is 12.2. The van der Waals surface area contributed by atoms with Gasteiger partial charge >= 0.3 is 0 Å². The molecule has 20 heavy (non-hydrogen) atoms. The number of hydrogen-bond acceptors (Lipinski definition) is 5. The quantitative estimate of drug-likeness (QED) is 0.784. The molecule has 0 unspecified atom stereocenters. The summed E-state index contributed by atoms with van der Waals surface area (Å²) in [5.74, 6) is 1.28. The van der Waals surface area contributed by atoms with Crippen molar-refractivity contribution in [3.05, 3.63) is 48.9 Å². The van der Waals surface area contributed by atoms with Crippen LogP contribution in [-0.2, 0) is 0 Å². The molecule has 2 N–H and O–H groups in total. The average molecular weight is 267 g/mol. The second-order valence-corrected chi connectivity index (χ2v) is 4.15. The maximum atomic E-state index is 6.01. The molecule has 0 saturated carbocycles. The van der Waals surface area contributed by atoms with Crippen LogP contribution in [-0.4, -0.2) is 26.9 Å². The molecule has 0 amide bonds. The fourth-order valence-electron chi connectivity index (χ4n) is 1.87. The summed E-state index contributed by atoms with van der Waals surface area (Å²) in [5.41, 5.74) is 8.19. The van der Waals surface area contributed by atoms with Gasteiger partial charge < -0.3 is 10.5 Å². The highest BCUT2D eigenvalue weighted by Crippen LogP contribution is 2.26. The van der Waals surface area contributed by atoms with Gasteiger partial charge in [-0.25, -0.2) is 14.6 Å². The Labute approximate surface area is 115 Å². The molecule has 0 atom stereocenters. The highest BCUT2D eigenvalue weighted by Gasteiger charge is 2.10. The van der Waals surface area contributed by atoms with Crippen molar-refractivity contribution in [1.82, 2.24) is 19.7 Å². The SMILES string of the molecule is COc1ccc(-c2nn(-c3ncccn3)cc2N)cc1. The van der Waals surface area contributed by atoms with Crippen LogP contribution in [0.25, 0.3) is 17.2 Å². The monoisotopic (exact) mass is 267 g/mol. The van der Waals surface area contributed by atoms with E-state index in [9.17, 15) is 0 Å². The predicted octanol–water partition coefficient (Wildman–Crippen LogP) is 1.92. The van der Waals surface area contributed by atoms with E-state index < -0.39 is 0 Å². The molecule has 6 nitrogen and oxygen atoms in total. The third kappa shape index (κ3) is 2.18. The molecular weight excluding hydrogens is 254 g/mol. The molecule has 2 heterocycles. The van der Waals surface area contributed by atoms with E-state index in [0.29, 0.717) is 17.3 Å². The number of hydrogen-bond donors (Lipinski definition) is 1. The number of rotatable bonds is 3. The van der Waals surface area contributed by atoms with Crippen molar-refractivity contribution >= 4 is 5.69 Å². The zero-order valence-corrected chi connectivity index (χ0v) is 10.9. The van der Waals surface area contributed by atoms with E-state index in [1.54, 1.807) is 36.4 Å². The number of nitrogen functional groups attached to an aromatic ring is 1. The smallest absolute Gasteiger partial charge is 0.250 e. The van der Waals surface area contributed by atoms with Crippen LogP contribution < -0.4 is 10.5 Å². The second kappa shape index (κ2) is 5.00. The summed E-state index contributed by atoms with van der Waals surface area (Å²) in [5, 5.41) is 4.43. The van der Waals surface area contributed by atoms with E-state index in [0.717, 1.165) is 11.3 Å². The lowest BCUT2D eigenvalue weighted by atomic mass is 10.1.